The standard InChI is InChI=1S/C10H13ClN2/c1-7-6-9(11)4-5-10(7)13-8(2)12-3/h4-6H,1-3H3,(H,12,13). The normalized spacial score (nSPS) is 11.5. The lowest BCUT2D eigenvalue weighted by Gasteiger charge is -2.08. The summed E-state index contributed by atoms with van der Waals surface area (Å²) in [6, 6.07) is 5.74. The first kappa shape index (κ1) is 10.1. The average Bonchev–Trinajstić information content (AvgIpc) is 2.09. The lowest BCUT2D eigenvalue weighted by molar-refractivity contribution is 1.38. The van der Waals surface area contributed by atoms with Crippen LogP contribution in [0.5, 0.6) is 0 Å². The van der Waals surface area contributed by atoms with Crippen molar-refractivity contribution in [2.45, 2.75) is 13.8 Å². The molecule has 0 aliphatic carbocycles. The second-order valence-electron chi connectivity index (χ2n) is 2.89. The number of aryl methyl sites for hydroxylation is 1. The number of benzene rings is 1. The SMILES string of the molecule is CN=C(C)Nc1ccc(Cl)cc1C. The Kier molecular flexibility index (Phi) is 3.32. The fourth-order valence-electron chi connectivity index (χ4n) is 1.02. The Labute approximate surface area is 83.6 Å². The van der Waals surface area contributed by atoms with Crippen LogP contribution in [-0.2, 0) is 0 Å². The summed E-state index contributed by atoms with van der Waals surface area (Å²) in [6.07, 6.45) is 0. The van der Waals surface area contributed by atoms with Crippen LogP contribution in [0.25, 0.3) is 0 Å². The lowest BCUT2D eigenvalue weighted by atomic mass is 10.2. The molecule has 0 aliphatic rings. The first-order chi connectivity index (χ1) is 6.13. The van der Waals surface area contributed by atoms with E-state index in [-0.39, 0.29) is 0 Å². The van der Waals surface area contributed by atoms with Crippen molar-refractivity contribution in [1.29, 1.82) is 0 Å². The van der Waals surface area contributed by atoms with E-state index in [1.54, 1.807) is 7.05 Å². The smallest absolute Gasteiger partial charge is 0.0972 e. The summed E-state index contributed by atoms with van der Waals surface area (Å²) >= 11 is 5.83. The van der Waals surface area contributed by atoms with Crippen molar-refractivity contribution in [3.8, 4) is 0 Å². The molecule has 0 bridgehead atoms. The molecule has 3 heteroatoms. The number of halogens is 1. The molecule has 0 aromatic heterocycles. The van der Waals surface area contributed by atoms with E-state index in [1.165, 1.54) is 0 Å². The van der Waals surface area contributed by atoms with Crippen molar-refractivity contribution in [3.05, 3.63) is 28.8 Å². The van der Waals surface area contributed by atoms with Gasteiger partial charge in [-0.05, 0) is 37.6 Å². The maximum atomic E-state index is 5.83. The molecule has 0 unspecified atom stereocenters. The molecule has 70 valence electrons. The van der Waals surface area contributed by atoms with Crippen LogP contribution in [0.1, 0.15) is 12.5 Å². The zero-order chi connectivity index (χ0) is 9.84. The van der Waals surface area contributed by atoms with Crippen LogP contribution < -0.4 is 5.32 Å². The number of hydrogen-bond acceptors (Lipinski definition) is 1. The second-order valence-corrected chi connectivity index (χ2v) is 3.33. The van der Waals surface area contributed by atoms with Crippen molar-refractivity contribution < 1.29 is 0 Å². The number of anilines is 1. The molecule has 1 aromatic carbocycles. The van der Waals surface area contributed by atoms with Crippen molar-refractivity contribution >= 4 is 23.1 Å². The molecule has 0 heterocycles. The van der Waals surface area contributed by atoms with Crippen LogP contribution in [0.2, 0.25) is 5.02 Å². The summed E-state index contributed by atoms with van der Waals surface area (Å²) in [5.74, 6) is 0.894. The maximum absolute atomic E-state index is 5.83. The molecule has 1 rings (SSSR count). The summed E-state index contributed by atoms with van der Waals surface area (Å²) in [5.41, 5.74) is 2.17. The molecular weight excluding hydrogens is 184 g/mol. The molecule has 2 nitrogen and oxygen atoms in total. The average molecular weight is 197 g/mol. The number of amidine groups is 1. The molecule has 0 aliphatic heterocycles. The van der Waals surface area contributed by atoms with Gasteiger partial charge in [0.05, 0.1) is 5.84 Å². The molecule has 0 fully saturated rings. The topological polar surface area (TPSA) is 24.4 Å². The highest BCUT2D eigenvalue weighted by Crippen LogP contribution is 2.19. The molecule has 0 spiro atoms. The first-order valence-corrected chi connectivity index (χ1v) is 4.48. The van der Waals surface area contributed by atoms with Crippen LogP contribution >= 0.6 is 11.6 Å². The van der Waals surface area contributed by atoms with Crippen LogP contribution in [-0.4, -0.2) is 12.9 Å². The van der Waals surface area contributed by atoms with Gasteiger partial charge in [-0.1, -0.05) is 11.6 Å². The summed E-state index contributed by atoms with van der Waals surface area (Å²) in [7, 11) is 1.76. The van der Waals surface area contributed by atoms with E-state index in [2.05, 4.69) is 10.3 Å². The van der Waals surface area contributed by atoms with E-state index in [1.807, 2.05) is 32.0 Å². The minimum absolute atomic E-state index is 0.758. The molecule has 0 radical (unpaired) electrons. The number of nitrogens with zero attached hydrogens (tertiary/aromatic N) is 1. The molecule has 0 amide bonds. The number of aliphatic imine (C=N–C) groups is 1. The molecule has 0 saturated carbocycles. The zero-order valence-electron chi connectivity index (χ0n) is 8.06. The van der Waals surface area contributed by atoms with Crippen molar-refractivity contribution in [2.24, 2.45) is 4.99 Å². The Balaban J connectivity index is 2.90. The first-order valence-electron chi connectivity index (χ1n) is 4.10. The predicted octanol–water partition coefficient (Wildman–Crippen LogP) is 3.11. The van der Waals surface area contributed by atoms with E-state index >= 15 is 0 Å². The highest BCUT2D eigenvalue weighted by atomic mass is 35.5. The van der Waals surface area contributed by atoms with E-state index in [0.717, 1.165) is 22.1 Å². The molecule has 13 heavy (non-hydrogen) atoms. The number of hydrogen-bond donors (Lipinski definition) is 1. The third-order valence-electron chi connectivity index (χ3n) is 1.84. The largest absolute Gasteiger partial charge is 0.344 e. The fourth-order valence-corrected chi connectivity index (χ4v) is 1.24. The monoisotopic (exact) mass is 196 g/mol. The van der Waals surface area contributed by atoms with Crippen LogP contribution in [0.4, 0.5) is 5.69 Å². The fraction of sp³-hybridized carbons (Fsp3) is 0.300. The van der Waals surface area contributed by atoms with Gasteiger partial charge in [-0.3, -0.25) is 4.99 Å². The van der Waals surface area contributed by atoms with Gasteiger partial charge in [-0.25, -0.2) is 0 Å². The van der Waals surface area contributed by atoms with Gasteiger partial charge in [-0.2, -0.15) is 0 Å². The lowest BCUT2D eigenvalue weighted by Crippen LogP contribution is -2.07. The van der Waals surface area contributed by atoms with Gasteiger partial charge < -0.3 is 5.32 Å². The van der Waals surface area contributed by atoms with Gasteiger partial charge in [0, 0.05) is 17.8 Å². The predicted molar refractivity (Wildman–Crippen MR) is 58.8 cm³/mol. The van der Waals surface area contributed by atoms with Gasteiger partial charge in [0.2, 0.25) is 0 Å². The third-order valence-corrected chi connectivity index (χ3v) is 2.07. The Morgan fingerprint density at radius 1 is 1.46 bits per heavy atom. The highest BCUT2D eigenvalue weighted by Gasteiger charge is 1.98. The zero-order valence-corrected chi connectivity index (χ0v) is 8.81. The van der Waals surface area contributed by atoms with Crippen LogP contribution in [0, 0.1) is 6.92 Å². The van der Waals surface area contributed by atoms with Gasteiger partial charge in [0.25, 0.3) is 0 Å². The second kappa shape index (κ2) is 4.28. The summed E-state index contributed by atoms with van der Waals surface area (Å²) in [4.78, 5) is 4.02. The van der Waals surface area contributed by atoms with Crippen molar-refractivity contribution in [2.75, 3.05) is 12.4 Å². The maximum Gasteiger partial charge on any atom is 0.0972 e. The number of nitrogens with one attached hydrogen (secondary N) is 1. The number of rotatable bonds is 1. The van der Waals surface area contributed by atoms with Crippen molar-refractivity contribution in [3.63, 3.8) is 0 Å². The molecule has 1 aromatic rings. The van der Waals surface area contributed by atoms with E-state index in [0.29, 0.717) is 0 Å². The Bertz CT molecular complexity index is 332. The summed E-state index contributed by atoms with van der Waals surface area (Å²) < 4.78 is 0. The molecule has 1 N–H and O–H groups in total. The highest BCUT2D eigenvalue weighted by molar-refractivity contribution is 6.30. The Morgan fingerprint density at radius 3 is 2.69 bits per heavy atom. The van der Waals surface area contributed by atoms with Crippen LogP contribution in [0.3, 0.4) is 0 Å². The van der Waals surface area contributed by atoms with E-state index < -0.39 is 0 Å². The quantitative estimate of drug-likeness (QED) is 0.542. The molecule has 0 atom stereocenters. The van der Waals surface area contributed by atoms with Gasteiger partial charge in [-0.15, -0.1) is 0 Å². The molecular formula is C10H13ClN2. The van der Waals surface area contributed by atoms with Gasteiger partial charge >= 0.3 is 0 Å². The Morgan fingerprint density at radius 2 is 2.15 bits per heavy atom. The minimum atomic E-state index is 0.758. The van der Waals surface area contributed by atoms with E-state index in [4.69, 9.17) is 11.6 Å². The van der Waals surface area contributed by atoms with Gasteiger partial charge in [0.1, 0.15) is 0 Å². The van der Waals surface area contributed by atoms with Crippen LogP contribution in [0.15, 0.2) is 23.2 Å². The van der Waals surface area contributed by atoms with Gasteiger partial charge in [0.15, 0.2) is 0 Å². The summed E-state index contributed by atoms with van der Waals surface area (Å²) in [5, 5.41) is 3.94. The third kappa shape index (κ3) is 2.74. The van der Waals surface area contributed by atoms with E-state index in [9.17, 15) is 0 Å². The molecule has 0 saturated heterocycles. The minimum Gasteiger partial charge on any atom is -0.344 e. The van der Waals surface area contributed by atoms with Crippen molar-refractivity contribution in [1.82, 2.24) is 0 Å². The Hall–Kier alpha value is -1.02. The summed E-state index contributed by atoms with van der Waals surface area (Å²) in [6.45, 7) is 3.94.